The molecule has 1 heterocycles. The van der Waals surface area contributed by atoms with E-state index in [1.54, 1.807) is 13.8 Å². The first-order valence-electron chi connectivity index (χ1n) is 14.2. The zero-order valence-corrected chi connectivity index (χ0v) is 24.8. The number of aryl methyl sites for hydroxylation is 1. The van der Waals surface area contributed by atoms with E-state index in [1.807, 2.05) is 41.5 Å². The lowest BCUT2D eigenvalue weighted by Crippen LogP contribution is -2.42. The molecular formula is C31H51NO5. The van der Waals surface area contributed by atoms with Crippen LogP contribution in [0.2, 0.25) is 0 Å². The van der Waals surface area contributed by atoms with Crippen molar-refractivity contribution < 1.29 is 23.4 Å². The highest BCUT2D eigenvalue weighted by atomic mass is 16.6. The quantitative estimate of drug-likeness (QED) is 0.311. The fourth-order valence-corrected chi connectivity index (χ4v) is 4.68. The molecule has 1 aromatic rings. The van der Waals surface area contributed by atoms with Crippen LogP contribution in [0.1, 0.15) is 117 Å². The Balaban J connectivity index is 0.00000235. The molecule has 3 atom stereocenters. The number of carbonyl (C=O) groups is 1. The van der Waals surface area contributed by atoms with Crippen LogP contribution >= 0.6 is 0 Å². The fraction of sp³-hybridized carbons (Fsp3) is 0.742. The van der Waals surface area contributed by atoms with Gasteiger partial charge in [-0.3, -0.25) is 0 Å². The molecule has 0 aliphatic heterocycles. The smallest absolute Gasteiger partial charge is 0.338 e. The summed E-state index contributed by atoms with van der Waals surface area (Å²) < 4.78 is 23.7. The Kier molecular flexibility index (Phi) is 12.1. The third-order valence-electron chi connectivity index (χ3n) is 6.82. The first-order valence-corrected chi connectivity index (χ1v) is 14.2. The van der Waals surface area contributed by atoms with Crippen molar-refractivity contribution in [2.75, 3.05) is 13.2 Å². The molecule has 2 aliphatic carbocycles. The Morgan fingerprint density at radius 3 is 2.41 bits per heavy atom. The van der Waals surface area contributed by atoms with Gasteiger partial charge in [-0.05, 0) is 92.4 Å². The molecule has 3 unspecified atom stereocenters. The lowest BCUT2D eigenvalue weighted by Gasteiger charge is -2.33. The van der Waals surface area contributed by atoms with Crippen molar-refractivity contribution >= 4 is 5.97 Å². The van der Waals surface area contributed by atoms with E-state index in [0.29, 0.717) is 31.7 Å². The van der Waals surface area contributed by atoms with Crippen LogP contribution in [-0.4, -0.2) is 35.4 Å². The van der Waals surface area contributed by atoms with E-state index in [-0.39, 0.29) is 11.9 Å². The highest BCUT2D eigenvalue weighted by Gasteiger charge is 2.35. The summed E-state index contributed by atoms with van der Waals surface area (Å²) >= 11 is 0. The lowest BCUT2D eigenvalue weighted by molar-refractivity contribution is -0.181. The second-order valence-corrected chi connectivity index (χ2v) is 11.8. The Morgan fingerprint density at radius 1 is 1.05 bits per heavy atom. The highest BCUT2D eigenvalue weighted by molar-refractivity contribution is 5.78. The normalized spacial score (nSPS) is 22.5. The second-order valence-electron chi connectivity index (χ2n) is 11.8. The van der Waals surface area contributed by atoms with Crippen molar-refractivity contribution in [1.29, 1.82) is 0 Å². The maximum absolute atomic E-state index is 12.5. The first-order chi connectivity index (χ1) is 17.4. The molecule has 0 bridgehead atoms. The van der Waals surface area contributed by atoms with Gasteiger partial charge in [-0.2, -0.15) is 0 Å². The first kappa shape index (κ1) is 31.3. The van der Waals surface area contributed by atoms with E-state index < -0.39 is 11.2 Å². The predicted octanol–water partition coefficient (Wildman–Crippen LogP) is 7.85. The van der Waals surface area contributed by atoms with Gasteiger partial charge in [0.25, 0.3) is 0 Å². The van der Waals surface area contributed by atoms with Crippen LogP contribution in [-0.2, 0) is 25.6 Å². The summed E-state index contributed by atoms with van der Waals surface area (Å²) in [6.45, 7) is 19.1. The minimum absolute atomic E-state index is 0.222. The second kappa shape index (κ2) is 14.3. The van der Waals surface area contributed by atoms with Crippen LogP contribution in [0.5, 0.6) is 0 Å². The minimum Gasteiger partial charge on any atom is -0.458 e. The topological polar surface area (TPSA) is 70.8 Å². The molecule has 3 rings (SSSR count). The van der Waals surface area contributed by atoms with Crippen molar-refractivity contribution in [1.82, 2.24) is 4.98 Å². The summed E-state index contributed by atoms with van der Waals surface area (Å²) in [6.07, 6.45) is 13.2. The van der Waals surface area contributed by atoms with Crippen molar-refractivity contribution in [2.24, 2.45) is 11.8 Å². The van der Waals surface area contributed by atoms with Gasteiger partial charge in [0, 0.05) is 6.61 Å². The van der Waals surface area contributed by atoms with Crippen molar-refractivity contribution in [3.63, 3.8) is 0 Å². The number of nitrogens with zero attached hydrogens (tertiary/aromatic N) is 1. The average molecular weight is 518 g/mol. The summed E-state index contributed by atoms with van der Waals surface area (Å²) in [4.78, 5) is 17.2. The molecule has 0 amide bonds. The molecule has 6 heteroatoms. The van der Waals surface area contributed by atoms with E-state index in [0.717, 1.165) is 55.9 Å². The summed E-state index contributed by atoms with van der Waals surface area (Å²) in [5, 5.41) is 0. The third-order valence-corrected chi connectivity index (χ3v) is 6.82. The van der Waals surface area contributed by atoms with E-state index in [4.69, 9.17) is 23.6 Å². The maximum Gasteiger partial charge on any atom is 0.338 e. The summed E-state index contributed by atoms with van der Waals surface area (Å²) in [5.74, 6) is 2.48. The van der Waals surface area contributed by atoms with Crippen LogP contribution in [0, 0.1) is 18.8 Å². The van der Waals surface area contributed by atoms with Gasteiger partial charge in [0.1, 0.15) is 17.1 Å². The van der Waals surface area contributed by atoms with E-state index in [9.17, 15) is 4.79 Å². The number of oxazole rings is 1. The summed E-state index contributed by atoms with van der Waals surface area (Å²) in [7, 11) is 0. The number of ether oxygens (including phenoxy) is 3. The predicted molar refractivity (Wildman–Crippen MR) is 148 cm³/mol. The summed E-state index contributed by atoms with van der Waals surface area (Å²) in [5.41, 5.74) is 0.734. The van der Waals surface area contributed by atoms with Gasteiger partial charge in [0.05, 0.1) is 19.1 Å². The van der Waals surface area contributed by atoms with Gasteiger partial charge in [0.2, 0.25) is 5.89 Å². The Morgan fingerprint density at radius 2 is 1.73 bits per heavy atom. The van der Waals surface area contributed by atoms with Crippen LogP contribution < -0.4 is 0 Å². The zero-order chi connectivity index (χ0) is 27.6. The molecule has 0 N–H and O–H groups in total. The Hall–Kier alpha value is -1.92. The van der Waals surface area contributed by atoms with Gasteiger partial charge in [-0.1, -0.05) is 44.1 Å². The fourth-order valence-electron chi connectivity index (χ4n) is 4.68. The van der Waals surface area contributed by atoms with Crippen molar-refractivity contribution in [3.05, 3.63) is 41.1 Å². The van der Waals surface area contributed by atoms with E-state index in [1.165, 1.54) is 5.57 Å². The number of carbonyl (C=O) groups excluding carboxylic acids is 1. The third kappa shape index (κ3) is 10.4. The van der Waals surface area contributed by atoms with Crippen molar-refractivity contribution in [3.8, 4) is 0 Å². The number of esters is 1. The SMILES string of the molecule is CC.CC1=CCCC(c2nc(COCC3CCCC(COC(C)(C)C(=O)OC(C)(C)C)C3)c(C)o2)C=C1. The van der Waals surface area contributed by atoms with Crippen LogP contribution in [0.15, 0.2) is 28.2 Å². The largest absolute Gasteiger partial charge is 0.458 e. The molecule has 1 aromatic heterocycles. The average Bonchev–Trinajstić information content (AvgIpc) is 3.06. The van der Waals surface area contributed by atoms with Gasteiger partial charge in [-0.15, -0.1) is 0 Å². The Labute approximate surface area is 225 Å². The highest BCUT2D eigenvalue weighted by Crippen LogP contribution is 2.32. The monoisotopic (exact) mass is 517 g/mol. The molecule has 6 nitrogen and oxygen atoms in total. The van der Waals surface area contributed by atoms with Crippen LogP contribution in [0.25, 0.3) is 0 Å². The van der Waals surface area contributed by atoms with Crippen LogP contribution in [0.4, 0.5) is 0 Å². The zero-order valence-electron chi connectivity index (χ0n) is 24.8. The molecule has 210 valence electrons. The molecular weight excluding hydrogens is 466 g/mol. The number of aromatic nitrogens is 1. The lowest BCUT2D eigenvalue weighted by atomic mass is 9.82. The molecule has 1 fully saturated rings. The van der Waals surface area contributed by atoms with E-state index >= 15 is 0 Å². The number of allylic oxidation sites excluding steroid dienone is 4. The minimum atomic E-state index is -0.944. The molecule has 0 spiro atoms. The van der Waals surface area contributed by atoms with Gasteiger partial charge in [-0.25, -0.2) is 9.78 Å². The number of hydrogen-bond acceptors (Lipinski definition) is 6. The Bertz CT molecular complexity index is 905. The number of hydrogen-bond donors (Lipinski definition) is 0. The molecule has 37 heavy (non-hydrogen) atoms. The maximum atomic E-state index is 12.5. The van der Waals surface area contributed by atoms with E-state index in [2.05, 4.69) is 25.2 Å². The molecule has 0 radical (unpaired) electrons. The van der Waals surface area contributed by atoms with Gasteiger partial charge >= 0.3 is 5.97 Å². The standard InChI is InChI=1S/C29H45NO5.C2H6/c1-20-10-8-13-24(15-14-20)26-30-25(21(2)34-26)19-32-17-22-11-9-12-23(16-22)18-33-29(6,7)27(31)35-28(3,4)5;1-2/h10,14-15,22-24H,8-9,11-13,16-19H2,1-7H3;1-2H3. The molecule has 0 aromatic carbocycles. The molecule has 0 saturated heterocycles. The summed E-state index contributed by atoms with van der Waals surface area (Å²) in [6, 6.07) is 0. The van der Waals surface area contributed by atoms with Crippen LogP contribution in [0.3, 0.4) is 0 Å². The van der Waals surface area contributed by atoms with Crippen molar-refractivity contribution in [2.45, 2.75) is 125 Å². The van der Waals surface area contributed by atoms with Gasteiger partial charge in [0.15, 0.2) is 5.60 Å². The molecule has 1 saturated carbocycles. The molecule has 2 aliphatic rings. The number of rotatable bonds is 9. The van der Waals surface area contributed by atoms with Gasteiger partial charge < -0.3 is 18.6 Å².